The van der Waals surface area contributed by atoms with E-state index in [0.717, 1.165) is 12.0 Å². The fourth-order valence-corrected chi connectivity index (χ4v) is 7.23. The molecule has 11 heteroatoms. The Bertz CT molecular complexity index is 1590. The molecule has 0 spiro atoms. The van der Waals surface area contributed by atoms with Gasteiger partial charge >= 0.3 is 0 Å². The van der Waals surface area contributed by atoms with Gasteiger partial charge in [0.2, 0.25) is 5.78 Å². The summed E-state index contributed by atoms with van der Waals surface area (Å²) in [4.78, 5) is 43.3. The second kappa shape index (κ2) is 11.8. The number of rotatable bonds is 9. The topological polar surface area (TPSA) is 154 Å². The maximum atomic E-state index is 16.4. The molecule has 0 radical (unpaired) electrons. The highest BCUT2D eigenvalue weighted by molar-refractivity contribution is 6.24. The highest BCUT2D eigenvalue weighted by Crippen LogP contribution is 2.52. The average molecular weight is 608 g/mol. The lowest BCUT2D eigenvalue weighted by atomic mass is 9.58. The van der Waals surface area contributed by atoms with Gasteiger partial charge in [-0.15, -0.1) is 0 Å². The Morgan fingerprint density at radius 2 is 1.84 bits per heavy atom. The molecular weight excluding hydrogens is 569 g/mol. The summed E-state index contributed by atoms with van der Waals surface area (Å²) in [5, 5.41) is 34.2. The van der Waals surface area contributed by atoms with Crippen molar-refractivity contribution in [3.05, 3.63) is 87.1 Å². The number of nitrogens with zero attached hydrogens (tertiary/aromatic N) is 2. The number of carbonyl (C=O) groups is 3. The van der Waals surface area contributed by atoms with E-state index in [1.54, 1.807) is 14.1 Å². The second-order valence-electron chi connectivity index (χ2n) is 12.1. The summed E-state index contributed by atoms with van der Waals surface area (Å²) < 4.78 is 22.0. The van der Waals surface area contributed by atoms with Gasteiger partial charge in [-0.05, 0) is 57.5 Å². The molecule has 5 N–H and O–H groups in total. The van der Waals surface area contributed by atoms with Gasteiger partial charge < -0.3 is 25.8 Å². The van der Waals surface area contributed by atoms with E-state index in [0.29, 0.717) is 18.7 Å². The second-order valence-corrected chi connectivity index (χ2v) is 12.1. The minimum Gasteiger partial charge on any atom is -0.510 e. The SMILES string of the molecule is CCCN(Cc1ccccc1)Cc1cc(OC)c2c(c1F)C[C@H]1C[C@H]3[C@H](N(C)C)C(O)=C(C(N)=O)C(=O)[C@@]3(O)C(O)=C1C2=O. The molecule has 0 saturated carbocycles. The normalized spacial score (nSPS) is 24.9. The summed E-state index contributed by atoms with van der Waals surface area (Å²) in [6, 6.07) is 10.2. The van der Waals surface area contributed by atoms with Crippen molar-refractivity contribution in [1.82, 2.24) is 9.80 Å². The zero-order valence-corrected chi connectivity index (χ0v) is 25.3. The van der Waals surface area contributed by atoms with E-state index in [2.05, 4.69) is 4.90 Å². The maximum Gasteiger partial charge on any atom is 0.255 e. The van der Waals surface area contributed by atoms with E-state index in [1.165, 1.54) is 18.1 Å². The van der Waals surface area contributed by atoms with Gasteiger partial charge in [-0.1, -0.05) is 37.3 Å². The van der Waals surface area contributed by atoms with Crippen LogP contribution in [0.25, 0.3) is 0 Å². The van der Waals surface area contributed by atoms with Crippen LogP contribution < -0.4 is 10.5 Å². The van der Waals surface area contributed by atoms with Crippen LogP contribution in [0.5, 0.6) is 5.75 Å². The van der Waals surface area contributed by atoms with Crippen LogP contribution in [0.3, 0.4) is 0 Å². The van der Waals surface area contributed by atoms with Crippen molar-refractivity contribution in [2.24, 2.45) is 17.6 Å². The number of primary amides is 1. The largest absolute Gasteiger partial charge is 0.510 e. The quantitative estimate of drug-likeness (QED) is 0.315. The molecule has 2 aromatic carbocycles. The lowest BCUT2D eigenvalue weighted by Gasteiger charge is -2.50. The maximum absolute atomic E-state index is 16.4. The molecule has 5 rings (SSSR count). The first kappa shape index (κ1) is 31.4. The number of methoxy groups -OCH3 is 1. The Kier molecular flexibility index (Phi) is 8.41. The van der Waals surface area contributed by atoms with Crippen LogP contribution in [0.15, 0.2) is 59.1 Å². The van der Waals surface area contributed by atoms with Crippen molar-refractivity contribution >= 4 is 17.5 Å². The number of carbonyl (C=O) groups excluding carboxylic acids is 3. The van der Waals surface area contributed by atoms with Gasteiger partial charge in [-0.25, -0.2) is 4.39 Å². The van der Waals surface area contributed by atoms with Crippen LogP contribution in [-0.2, 0) is 29.1 Å². The molecule has 0 heterocycles. The number of ether oxygens (including phenoxy) is 1. The number of likely N-dealkylation sites (N-methyl/N-ethyl adjacent to an activating group) is 1. The third kappa shape index (κ3) is 4.89. The number of ketones is 2. The van der Waals surface area contributed by atoms with Crippen LogP contribution in [-0.4, -0.2) is 82.0 Å². The predicted molar refractivity (Wildman–Crippen MR) is 159 cm³/mol. The smallest absolute Gasteiger partial charge is 0.255 e. The van der Waals surface area contributed by atoms with Crippen LogP contribution in [0.4, 0.5) is 4.39 Å². The number of nitrogens with two attached hydrogens (primary N) is 1. The molecular formula is C33H38FN3O7. The fraction of sp³-hybridized carbons (Fsp3) is 0.424. The lowest BCUT2D eigenvalue weighted by Crippen LogP contribution is -2.63. The molecule has 10 nitrogen and oxygen atoms in total. The summed E-state index contributed by atoms with van der Waals surface area (Å²) in [7, 11) is 4.51. The van der Waals surface area contributed by atoms with Gasteiger partial charge in [-0.3, -0.25) is 24.2 Å². The van der Waals surface area contributed by atoms with Gasteiger partial charge in [0.25, 0.3) is 5.91 Å². The standard InChI is InChI=1S/C33H38FN3O7/c1-5-11-37(15-17-9-7-6-8-10-17)16-19-14-22(44-4)24-20(26(19)34)12-18-13-21-27(36(2)3)29(39)25(32(35)42)31(41)33(21,43)30(40)23(18)28(24)38/h6-10,14,18,21,27,39-40,43H,5,11-13,15-16H2,1-4H3,(H2,35,42)/t18-,21-,27-,33-/m0/s1. The summed E-state index contributed by atoms with van der Waals surface area (Å²) in [5.74, 6) is -7.24. The first-order valence-corrected chi connectivity index (χ1v) is 14.7. The Morgan fingerprint density at radius 1 is 1.16 bits per heavy atom. The minimum atomic E-state index is -2.70. The van der Waals surface area contributed by atoms with Crippen LogP contribution in [0.1, 0.15) is 46.8 Å². The van der Waals surface area contributed by atoms with E-state index < -0.39 is 63.9 Å². The van der Waals surface area contributed by atoms with Crippen molar-refractivity contribution in [1.29, 1.82) is 0 Å². The number of hydrogen-bond acceptors (Lipinski definition) is 9. The fourth-order valence-electron chi connectivity index (χ4n) is 7.23. The van der Waals surface area contributed by atoms with Gasteiger partial charge in [0.05, 0.1) is 18.7 Å². The number of aliphatic hydroxyl groups excluding tert-OH is 2. The van der Waals surface area contributed by atoms with Gasteiger partial charge in [0.15, 0.2) is 11.4 Å². The van der Waals surface area contributed by atoms with Crippen LogP contribution in [0.2, 0.25) is 0 Å². The van der Waals surface area contributed by atoms with Crippen molar-refractivity contribution in [2.75, 3.05) is 27.7 Å². The number of Topliss-reactive ketones (excluding diaryl/α,β-unsaturated/α-hetero) is 2. The van der Waals surface area contributed by atoms with E-state index in [9.17, 15) is 29.7 Å². The van der Waals surface area contributed by atoms with Crippen molar-refractivity contribution in [2.45, 2.75) is 50.9 Å². The molecule has 0 unspecified atom stereocenters. The third-order valence-electron chi connectivity index (χ3n) is 9.12. The molecule has 4 atom stereocenters. The van der Waals surface area contributed by atoms with Crippen molar-refractivity contribution in [3.63, 3.8) is 0 Å². The molecule has 44 heavy (non-hydrogen) atoms. The number of aliphatic hydroxyl groups is 3. The first-order valence-electron chi connectivity index (χ1n) is 14.7. The highest BCUT2D eigenvalue weighted by Gasteiger charge is 2.63. The van der Waals surface area contributed by atoms with Crippen LogP contribution >= 0.6 is 0 Å². The summed E-state index contributed by atoms with van der Waals surface area (Å²) in [6.45, 7) is 3.61. The Labute approximate surface area is 255 Å². The molecule has 3 aliphatic carbocycles. The molecule has 234 valence electrons. The third-order valence-corrected chi connectivity index (χ3v) is 9.12. The first-order chi connectivity index (χ1) is 20.9. The summed E-state index contributed by atoms with van der Waals surface area (Å²) >= 11 is 0. The molecule has 0 bridgehead atoms. The number of allylic oxidation sites excluding steroid dienone is 1. The number of halogens is 1. The average Bonchev–Trinajstić information content (AvgIpc) is 2.97. The summed E-state index contributed by atoms with van der Waals surface area (Å²) in [5.41, 5.74) is 3.10. The summed E-state index contributed by atoms with van der Waals surface area (Å²) in [6.07, 6.45) is 0.768. The monoisotopic (exact) mass is 607 g/mol. The zero-order valence-electron chi connectivity index (χ0n) is 25.3. The van der Waals surface area contributed by atoms with Crippen molar-refractivity contribution < 1.29 is 38.8 Å². The van der Waals surface area contributed by atoms with E-state index in [-0.39, 0.29) is 41.8 Å². The van der Waals surface area contributed by atoms with Crippen molar-refractivity contribution in [3.8, 4) is 5.75 Å². The molecule has 1 amide bonds. The lowest BCUT2D eigenvalue weighted by molar-refractivity contribution is -0.148. The number of hydrogen-bond donors (Lipinski definition) is 4. The number of benzene rings is 2. The van der Waals surface area contributed by atoms with Gasteiger partial charge in [0, 0.05) is 35.7 Å². The molecule has 3 aliphatic rings. The van der Waals surface area contributed by atoms with E-state index in [1.807, 2.05) is 37.3 Å². The Balaban J connectivity index is 1.60. The van der Waals surface area contributed by atoms with E-state index in [4.69, 9.17) is 10.5 Å². The molecule has 0 saturated heterocycles. The highest BCUT2D eigenvalue weighted by atomic mass is 19.1. The molecule has 0 aliphatic heterocycles. The molecule has 2 aromatic rings. The molecule has 0 aromatic heterocycles. The predicted octanol–water partition coefficient (Wildman–Crippen LogP) is 2.97. The Hall–Kier alpha value is -4.06. The van der Waals surface area contributed by atoms with Gasteiger partial charge in [-0.2, -0.15) is 0 Å². The zero-order chi connectivity index (χ0) is 32.1. The minimum absolute atomic E-state index is 0.0168. The molecule has 0 fully saturated rings. The van der Waals surface area contributed by atoms with Gasteiger partial charge in [0.1, 0.15) is 28.7 Å². The Morgan fingerprint density at radius 3 is 2.43 bits per heavy atom. The van der Waals surface area contributed by atoms with Crippen LogP contribution in [0, 0.1) is 17.7 Å². The van der Waals surface area contributed by atoms with E-state index >= 15 is 4.39 Å². The number of amides is 1. The number of fused-ring (bicyclic) bond motifs is 3.